The molecular formula is C35H49FN6O7. The zero-order valence-electron chi connectivity index (χ0n) is 29.7. The number of carbonyl (C=O) groups is 5. The van der Waals surface area contributed by atoms with Crippen molar-refractivity contribution in [3.8, 4) is 0 Å². The second-order valence-electron chi connectivity index (χ2n) is 12.8. The van der Waals surface area contributed by atoms with Crippen molar-refractivity contribution >= 4 is 47.2 Å². The number of carbonyl (C=O) groups excluding carboxylic acids is 5. The molecule has 4 N–H and O–H groups in total. The van der Waals surface area contributed by atoms with Gasteiger partial charge in [0, 0.05) is 36.6 Å². The Morgan fingerprint density at radius 2 is 1.76 bits per heavy atom. The number of aromatic nitrogens is 1. The molecule has 0 fully saturated rings. The van der Waals surface area contributed by atoms with Crippen molar-refractivity contribution in [2.24, 2.45) is 0 Å². The Hall–Kier alpha value is -4.72. The maximum atomic E-state index is 14.5. The highest BCUT2D eigenvalue weighted by molar-refractivity contribution is 6.42. The molecule has 0 spiro atoms. The van der Waals surface area contributed by atoms with Crippen LogP contribution in [0.3, 0.4) is 0 Å². The predicted molar refractivity (Wildman–Crippen MR) is 185 cm³/mol. The van der Waals surface area contributed by atoms with E-state index in [1.807, 2.05) is 0 Å². The lowest BCUT2D eigenvalue weighted by Crippen LogP contribution is -2.49. The molecule has 5 amide bonds. The molecule has 1 aromatic carbocycles. The molecule has 3 rings (SSSR count). The molecule has 1 aliphatic heterocycles. The summed E-state index contributed by atoms with van der Waals surface area (Å²) in [5.41, 5.74) is 1.78. The molecule has 2 heterocycles. The minimum atomic E-state index is -1.10. The molecule has 0 radical (unpaired) electrons. The summed E-state index contributed by atoms with van der Waals surface area (Å²) in [6.07, 6.45) is 2.00. The highest BCUT2D eigenvalue weighted by Crippen LogP contribution is 2.39. The third-order valence-corrected chi connectivity index (χ3v) is 8.10. The van der Waals surface area contributed by atoms with E-state index < -0.39 is 41.5 Å². The topological polar surface area (TPSA) is 162 Å². The number of fused-ring (bicyclic) bond motifs is 1. The summed E-state index contributed by atoms with van der Waals surface area (Å²) < 4.78 is 24.6. The lowest BCUT2D eigenvalue weighted by atomic mass is 10.0. The van der Waals surface area contributed by atoms with Gasteiger partial charge in [-0.05, 0) is 96.8 Å². The Morgan fingerprint density at radius 3 is 2.39 bits per heavy atom. The zero-order chi connectivity index (χ0) is 36.5. The minimum absolute atomic E-state index is 0.0327. The largest absolute Gasteiger partial charge is 0.467 e. The molecule has 0 saturated heterocycles. The predicted octanol–water partition coefficient (Wildman–Crippen LogP) is 4.68. The van der Waals surface area contributed by atoms with Crippen molar-refractivity contribution in [2.75, 3.05) is 44.7 Å². The van der Waals surface area contributed by atoms with E-state index in [0.717, 1.165) is 30.1 Å². The number of hydrogen-bond donors (Lipinski definition) is 4. The Labute approximate surface area is 286 Å². The fourth-order valence-corrected chi connectivity index (χ4v) is 5.55. The molecule has 14 heteroatoms. The molecule has 0 unspecified atom stereocenters. The number of nitrogens with zero attached hydrogens (tertiary/aromatic N) is 2. The average molecular weight is 685 g/mol. The number of urea groups is 1. The number of unbranched alkanes of at least 4 members (excludes halogenated alkanes) is 1. The van der Waals surface area contributed by atoms with E-state index in [4.69, 9.17) is 9.47 Å². The third-order valence-electron chi connectivity index (χ3n) is 8.10. The van der Waals surface area contributed by atoms with Gasteiger partial charge < -0.3 is 35.3 Å². The SMILES string of the molecule is CCN(CC)CCNC(=O)c1c(C)[nH]c(/C=C2\C(=O)N(C(=O)N[C@@H](CCCCNC(=O)OC(C)(C)C)C(=O)OC)c3ccc(F)cc32)c1C. The molecule has 1 aromatic heterocycles. The van der Waals surface area contributed by atoms with Crippen molar-refractivity contribution in [3.05, 3.63) is 52.1 Å². The second-order valence-corrected chi connectivity index (χ2v) is 12.8. The molecule has 0 aliphatic carbocycles. The monoisotopic (exact) mass is 684 g/mol. The number of rotatable bonds is 14. The van der Waals surface area contributed by atoms with Crippen molar-refractivity contribution in [2.45, 2.75) is 79.4 Å². The number of anilines is 1. The van der Waals surface area contributed by atoms with Crippen molar-refractivity contribution in [3.63, 3.8) is 0 Å². The highest BCUT2D eigenvalue weighted by Gasteiger charge is 2.39. The number of alkyl carbamates (subject to hydrolysis) is 1. The lowest BCUT2D eigenvalue weighted by Gasteiger charge is -2.21. The van der Waals surface area contributed by atoms with Crippen molar-refractivity contribution in [1.82, 2.24) is 25.8 Å². The fraction of sp³-hybridized carbons (Fsp3) is 0.514. The number of likely N-dealkylation sites (N-methyl/N-ethyl adjacent to an activating group) is 1. The van der Waals surface area contributed by atoms with Gasteiger partial charge in [-0.1, -0.05) is 13.8 Å². The van der Waals surface area contributed by atoms with Gasteiger partial charge >= 0.3 is 18.1 Å². The summed E-state index contributed by atoms with van der Waals surface area (Å²) in [5.74, 6) is -2.32. The van der Waals surface area contributed by atoms with Gasteiger partial charge in [-0.3, -0.25) is 9.59 Å². The number of amides is 5. The lowest BCUT2D eigenvalue weighted by molar-refractivity contribution is -0.143. The van der Waals surface area contributed by atoms with Gasteiger partial charge in [-0.15, -0.1) is 0 Å². The fourth-order valence-electron chi connectivity index (χ4n) is 5.55. The van der Waals surface area contributed by atoms with Crippen LogP contribution in [0.2, 0.25) is 0 Å². The number of nitrogens with one attached hydrogen (secondary N) is 4. The van der Waals surface area contributed by atoms with Crippen LogP contribution in [0.4, 0.5) is 19.7 Å². The number of hydrogen-bond acceptors (Lipinski definition) is 8. The number of ether oxygens (including phenoxy) is 2. The Bertz CT molecular complexity index is 1570. The molecule has 0 bridgehead atoms. The van der Waals surface area contributed by atoms with Crippen LogP contribution >= 0.6 is 0 Å². The minimum Gasteiger partial charge on any atom is -0.467 e. The normalized spacial score (nSPS) is 14.1. The first-order valence-electron chi connectivity index (χ1n) is 16.5. The van der Waals surface area contributed by atoms with Gasteiger partial charge in [-0.2, -0.15) is 0 Å². The molecular weight excluding hydrogens is 635 g/mol. The maximum absolute atomic E-state index is 14.5. The van der Waals surface area contributed by atoms with E-state index in [9.17, 15) is 28.4 Å². The van der Waals surface area contributed by atoms with E-state index in [1.165, 1.54) is 19.3 Å². The summed E-state index contributed by atoms with van der Waals surface area (Å²) in [6, 6.07) is 1.62. The van der Waals surface area contributed by atoms with Crippen LogP contribution in [0.25, 0.3) is 11.6 Å². The Kier molecular flexibility index (Phi) is 13.5. The smallest absolute Gasteiger partial charge is 0.407 e. The molecule has 268 valence electrons. The molecule has 1 atom stereocenters. The number of imide groups is 1. The summed E-state index contributed by atoms with van der Waals surface area (Å²) in [5, 5.41) is 8.17. The number of aryl methyl sites for hydroxylation is 1. The van der Waals surface area contributed by atoms with Crippen molar-refractivity contribution < 1.29 is 37.8 Å². The molecule has 49 heavy (non-hydrogen) atoms. The van der Waals surface area contributed by atoms with Crippen LogP contribution < -0.4 is 20.9 Å². The summed E-state index contributed by atoms with van der Waals surface area (Å²) >= 11 is 0. The van der Waals surface area contributed by atoms with Gasteiger partial charge in [0.2, 0.25) is 0 Å². The van der Waals surface area contributed by atoms with Crippen LogP contribution in [0.1, 0.15) is 86.8 Å². The van der Waals surface area contributed by atoms with Crippen LogP contribution in [0, 0.1) is 19.7 Å². The van der Waals surface area contributed by atoms with Gasteiger partial charge in [0.1, 0.15) is 17.5 Å². The number of benzene rings is 1. The van der Waals surface area contributed by atoms with E-state index in [2.05, 4.69) is 39.7 Å². The maximum Gasteiger partial charge on any atom is 0.407 e. The van der Waals surface area contributed by atoms with E-state index >= 15 is 0 Å². The van der Waals surface area contributed by atoms with E-state index in [-0.39, 0.29) is 35.7 Å². The Morgan fingerprint density at radius 1 is 1.06 bits per heavy atom. The van der Waals surface area contributed by atoms with Crippen molar-refractivity contribution in [1.29, 1.82) is 0 Å². The number of esters is 1. The van der Waals surface area contributed by atoms with E-state index in [0.29, 0.717) is 48.4 Å². The van der Waals surface area contributed by atoms with Gasteiger partial charge in [0.25, 0.3) is 11.8 Å². The van der Waals surface area contributed by atoms with Crippen LogP contribution in [0.5, 0.6) is 0 Å². The molecule has 0 saturated carbocycles. The van der Waals surface area contributed by atoms with Crippen LogP contribution in [-0.2, 0) is 19.1 Å². The summed E-state index contributed by atoms with van der Waals surface area (Å²) in [7, 11) is 1.19. The number of methoxy groups -OCH3 is 1. The second kappa shape index (κ2) is 17.1. The van der Waals surface area contributed by atoms with Gasteiger partial charge in [0.15, 0.2) is 0 Å². The standard InChI is InChI=1S/C35H49FN6O7/c1-9-41(10-2)18-17-37-30(43)29-21(3)27(39-22(29)4)20-25-24-19-23(36)14-15-28(24)42(31(25)44)33(46)40-26(32(45)48-8)13-11-12-16-38-34(47)49-35(5,6)7/h14-15,19-20,26,39H,9-13,16-18H2,1-8H3,(H,37,43)(H,38,47)(H,40,46)/b25-20-/t26-/m0/s1. The third kappa shape index (κ3) is 10.1. The first kappa shape index (κ1) is 38.7. The molecule has 1 aliphatic rings. The quantitative estimate of drug-likeness (QED) is 0.127. The van der Waals surface area contributed by atoms with E-state index in [1.54, 1.807) is 34.6 Å². The molecule has 13 nitrogen and oxygen atoms in total. The first-order chi connectivity index (χ1) is 23.1. The number of aromatic amines is 1. The van der Waals surface area contributed by atoms with Gasteiger partial charge in [0.05, 0.1) is 23.9 Å². The first-order valence-corrected chi connectivity index (χ1v) is 16.5. The zero-order valence-corrected chi connectivity index (χ0v) is 29.7. The number of H-pyrrole nitrogens is 1. The average Bonchev–Trinajstić information content (AvgIpc) is 3.47. The highest BCUT2D eigenvalue weighted by atomic mass is 19.1. The Balaban J connectivity index is 1.78. The van der Waals surface area contributed by atoms with Crippen LogP contribution in [0.15, 0.2) is 18.2 Å². The van der Waals surface area contributed by atoms with Gasteiger partial charge in [-0.25, -0.2) is 23.7 Å². The van der Waals surface area contributed by atoms with Crippen LogP contribution in [-0.4, -0.2) is 91.3 Å². The summed E-state index contributed by atoms with van der Waals surface area (Å²) in [6.45, 7) is 16.1. The number of halogens is 1. The molecule has 2 aromatic rings. The summed E-state index contributed by atoms with van der Waals surface area (Å²) in [4.78, 5) is 71.2.